The van der Waals surface area contributed by atoms with E-state index in [1.165, 1.54) is 12.1 Å². The van der Waals surface area contributed by atoms with Gasteiger partial charge in [-0.1, -0.05) is 0 Å². The second kappa shape index (κ2) is 5.99. The van der Waals surface area contributed by atoms with Gasteiger partial charge in [0.15, 0.2) is 0 Å². The first-order valence-electron chi connectivity index (χ1n) is 5.94. The number of halogens is 1. The highest BCUT2D eigenvalue weighted by atomic mass is 35.7. The SMILES string of the molecule is O=C(O)c1cc(S(=O)(=O)Cl)ccc1OCC1CCCO1. The molecule has 110 valence electrons. The van der Waals surface area contributed by atoms with E-state index < -0.39 is 15.0 Å². The molecule has 1 aliphatic heterocycles. The predicted octanol–water partition coefficient (Wildman–Crippen LogP) is 1.87. The monoisotopic (exact) mass is 320 g/mol. The summed E-state index contributed by atoms with van der Waals surface area (Å²) in [4.78, 5) is 10.9. The number of carbonyl (C=O) groups is 1. The van der Waals surface area contributed by atoms with Crippen LogP contribution < -0.4 is 4.74 Å². The van der Waals surface area contributed by atoms with Crippen LogP contribution in [0.1, 0.15) is 23.2 Å². The minimum Gasteiger partial charge on any atom is -0.490 e. The fourth-order valence-corrected chi connectivity index (χ4v) is 2.69. The fraction of sp³-hybridized carbons (Fsp3) is 0.417. The van der Waals surface area contributed by atoms with Crippen molar-refractivity contribution in [2.75, 3.05) is 13.2 Å². The lowest BCUT2D eigenvalue weighted by Crippen LogP contribution is -2.17. The molecule has 8 heteroatoms. The number of carboxylic acids is 1. The number of hydrogen-bond donors (Lipinski definition) is 1. The van der Waals surface area contributed by atoms with E-state index in [0.29, 0.717) is 6.61 Å². The van der Waals surface area contributed by atoms with Gasteiger partial charge in [-0.2, -0.15) is 0 Å². The molecule has 2 rings (SSSR count). The van der Waals surface area contributed by atoms with Gasteiger partial charge in [0.1, 0.15) is 17.9 Å². The summed E-state index contributed by atoms with van der Waals surface area (Å²) >= 11 is 0. The second-order valence-corrected chi connectivity index (χ2v) is 6.91. The molecule has 0 radical (unpaired) electrons. The van der Waals surface area contributed by atoms with Gasteiger partial charge in [-0.25, -0.2) is 13.2 Å². The molecule has 1 saturated heterocycles. The number of aromatic carboxylic acids is 1. The summed E-state index contributed by atoms with van der Waals surface area (Å²) in [5.41, 5.74) is -0.246. The number of hydrogen-bond acceptors (Lipinski definition) is 5. The van der Waals surface area contributed by atoms with Gasteiger partial charge >= 0.3 is 5.97 Å². The third kappa shape index (κ3) is 3.62. The van der Waals surface area contributed by atoms with Crippen LogP contribution in [-0.2, 0) is 13.8 Å². The van der Waals surface area contributed by atoms with E-state index in [1.54, 1.807) is 0 Å². The van der Waals surface area contributed by atoms with Gasteiger partial charge in [0.2, 0.25) is 0 Å². The zero-order chi connectivity index (χ0) is 14.8. The maximum absolute atomic E-state index is 11.2. The Morgan fingerprint density at radius 2 is 2.25 bits per heavy atom. The summed E-state index contributed by atoms with van der Waals surface area (Å²) in [5, 5.41) is 9.10. The third-order valence-electron chi connectivity index (χ3n) is 2.91. The molecule has 6 nitrogen and oxygen atoms in total. The summed E-state index contributed by atoms with van der Waals surface area (Å²) < 4.78 is 33.2. The molecular weight excluding hydrogens is 308 g/mol. The first-order chi connectivity index (χ1) is 9.38. The van der Waals surface area contributed by atoms with Gasteiger partial charge in [-0.05, 0) is 31.0 Å². The maximum Gasteiger partial charge on any atom is 0.339 e. The van der Waals surface area contributed by atoms with Crippen LogP contribution in [0.2, 0.25) is 0 Å². The molecule has 1 aromatic carbocycles. The van der Waals surface area contributed by atoms with Crippen LogP contribution in [0.25, 0.3) is 0 Å². The Balaban J connectivity index is 2.21. The minimum absolute atomic E-state index is 0.0620. The average Bonchev–Trinajstić information content (AvgIpc) is 2.88. The largest absolute Gasteiger partial charge is 0.490 e. The molecule has 0 amide bonds. The van der Waals surface area contributed by atoms with Crippen molar-refractivity contribution < 1.29 is 27.8 Å². The molecule has 0 spiro atoms. The van der Waals surface area contributed by atoms with Crippen molar-refractivity contribution in [3.63, 3.8) is 0 Å². The Morgan fingerprint density at radius 1 is 1.50 bits per heavy atom. The van der Waals surface area contributed by atoms with E-state index in [9.17, 15) is 13.2 Å². The maximum atomic E-state index is 11.2. The normalized spacial score (nSPS) is 18.9. The van der Waals surface area contributed by atoms with E-state index in [0.717, 1.165) is 18.9 Å². The van der Waals surface area contributed by atoms with Crippen molar-refractivity contribution in [2.45, 2.75) is 23.8 Å². The van der Waals surface area contributed by atoms with Crippen LogP contribution >= 0.6 is 10.7 Å². The Morgan fingerprint density at radius 3 is 2.80 bits per heavy atom. The van der Waals surface area contributed by atoms with Crippen molar-refractivity contribution in [1.82, 2.24) is 0 Å². The molecule has 0 aromatic heterocycles. The van der Waals surface area contributed by atoms with Gasteiger partial charge in [-0.3, -0.25) is 0 Å². The van der Waals surface area contributed by atoms with Gasteiger partial charge in [0.05, 0.1) is 11.0 Å². The fourth-order valence-electron chi connectivity index (χ4n) is 1.91. The van der Waals surface area contributed by atoms with Crippen LogP contribution in [0.5, 0.6) is 5.75 Å². The predicted molar refractivity (Wildman–Crippen MR) is 70.9 cm³/mol. The van der Waals surface area contributed by atoms with Crippen molar-refractivity contribution >= 4 is 25.7 Å². The molecule has 1 aliphatic rings. The zero-order valence-corrected chi connectivity index (χ0v) is 12.0. The van der Waals surface area contributed by atoms with Crippen molar-refractivity contribution in [1.29, 1.82) is 0 Å². The lowest BCUT2D eigenvalue weighted by molar-refractivity contribution is 0.0629. The molecule has 1 unspecified atom stereocenters. The Kier molecular flexibility index (Phi) is 4.52. The molecular formula is C12H13ClO6S. The topological polar surface area (TPSA) is 89.9 Å². The minimum atomic E-state index is -3.98. The van der Waals surface area contributed by atoms with Crippen LogP contribution in [0.4, 0.5) is 0 Å². The van der Waals surface area contributed by atoms with E-state index in [2.05, 4.69) is 0 Å². The molecule has 1 atom stereocenters. The number of rotatable bonds is 5. The van der Waals surface area contributed by atoms with E-state index in [1.807, 2.05) is 0 Å². The van der Waals surface area contributed by atoms with E-state index in [4.69, 9.17) is 25.3 Å². The molecule has 20 heavy (non-hydrogen) atoms. The Labute approximate surface area is 120 Å². The lowest BCUT2D eigenvalue weighted by Gasteiger charge is -2.13. The van der Waals surface area contributed by atoms with E-state index in [-0.39, 0.29) is 28.9 Å². The van der Waals surface area contributed by atoms with Crippen LogP contribution in [0, 0.1) is 0 Å². The van der Waals surface area contributed by atoms with Crippen molar-refractivity contribution in [3.05, 3.63) is 23.8 Å². The molecule has 1 aromatic rings. The average molecular weight is 321 g/mol. The molecule has 0 aliphatic carbocycles. The number of benzene rings is 1. The van der Waals surface area contributed by atoms with Crippen LogP contribution in [-0.4, -0.2) is 38.8 Å². The van der Waals surface area contributed by atoms with Gasteiger partial charge in [-0.15, -0.1) is 0 Å². The smallest absolute Gasteiger partial charge is 0.339 e. The standard InChI is InChI=1S/C12H13ClO6S/c13-20(16,17)9-3-4-11(10(6-9)12(14)15)19-7-8-2-1-5-18-8/h3-4,6,8H,1-2,5,7H2,(H,14,15). The van der Waals surface area contributed by atoms with Gasteiger partial charge in [0.25, 0.3) is 9.05 Å². The molecule has 1 fully saturated rings. The Hall–Kier alpha value is -1.31. The number of ether oxygens (including phenoxy) is 2. The first-order valence-corrected chi connectivity index (χ1v) is 8.25. The molecule has 1 heterocycles. The van der Waals surface area contributed by atoms with Gasteiger partial charge < -0.3 is 14.6 Å². The van der Waals surface area contributed by atoms with Crippen LogP contribution in [0.15, 0.2) is 23.1 Å². The molecule has 1 N–H and O–H groups in total. The highest BCUT2D eigenvalue weighted by molar-refractivity contribution is 8.13. The summed E-state index contributed by atoms with van der Waals surface area (Å²) in [7, 11) is 1.21. The summed E-state index contributed by atoms with van der Waals surface area (Å²) in [5.74, 6) is -1.19. The quantitative estimate of drug-likeness (QED) is 0.833. The van der Waals surface area contributed by atoms with Crippen molar-refractivity contribution in [2.24, 2.45) is 0 Å². The van der Waals surface area contributed by atoms with E-state index >= 15 is 0 Å². The zero-order valence-electron chi connectivity index (χ0n) is 10.4. The summed E-state index contributed by atoms with van der Waals surface area (Å²) in [6.07, 6.45) is 1.74. The van der Waals surface area contributed by atoms with Crippen LogP contribution in [0.3, 0.4) is 0 Å². The summed E-state index contributed by atoms with van der Waals surface area (Å²) in [6, 6.07) is 3.47. The van der Waals surface area contributed by atoms with Crippen molar-refractivity contribution in [3.8, 4) is 5.75 Å². The highest BCUT2D eigenvalue weighted by Crippen LogP contribution is 2.25. The molecule has 0 saturated carbocycles. The number of carboxylic acid groups (broad SMARTS) is 1. The third-order valence-corrected chi connectivity index (χ3v) is 4.26. The van der Waals surface area contributed by atoms with Gasteiger partial charge in [0, 0.05) is 17.3 Å². The first kappa shape index (κ1) is 15.1. The summed E-state index contributed by atoms with van der Waals surface area (Å²) in [6.45, 7) is 0.899. The molecule has 0 bridgehead atoms. The highest BCUT2D eigenvalue weighted by Gasteiger charge is 2.20. The Bertz CT molecular complexity index is 606. The lowest BCUT2D eigenvalue weighted by atomic mass is 10.2. The second-order valence-electron chi connectivity index (χ2n) is 4.35.